The van der Waals surface area contributed by atoms with Gasteiger partial charge in [-0.15, -0.1) is 0 Å². The van der Waals surface area contributed by atoms with Gasteiger partial charge in [-0.05, 0) is 24.6 Å². The summed E-state index contributed by atoms with van der Waals surface area (Å²) in [5.41, 5.74) is 1.84. The average molecular weight is 392 g/mol. The van der Waals surface area contributed by atoms with Crippen LogP contribution in [0.5, 0.6) is 0 Å². The fourth-order valence-corrected chi connectivity index (χ4v) is 4.46. The highest BCUT2D eigenvalue weighted by atomic mass is 16.6. The Morgan fingerprint density at radius 1 is 1.31 bits per heavy atom. The molecule has 7 nitrogen and oxygen atoms in total. The van der Waals surface area contributed by atoms with E-state index in [4.69, 9.17) is 14.5 Å². The summed E-state index contributed by atoms with van der Waals surface area (Å²) in [6.07, 6.45) is -1.02. The van der Waals surface area contributed by atoms with Crippen LogP contribution in [0.2, 0.25) is 0 Å². The molecule has 4 heterocycles. The van der Waals surface area contributed by atoms with E-state index in [1.807, 2.05) is 30.3 Å². The normalized spacial score (nSPS) is 22.6. The number of hydrogen-bond acceptors (Lipinski definition) is 6. The average Bonchev–Trinajstić information content (AvgIpc) is 3.04. The van der Waals surface area contributed by atoms with Crippen molar-refractivity contribution in [2.45, 2.75) is 38.2 Å². The molecule has 29 heavy (non-hydrogen) atoms. The predicted octanol–water partition coefficient (Wildman–Crippen LogP) is 2.09. The van der Waals surface area contributed by atoms with Crippen LogP contribution in [0.3, 0.4) is 0 Å². The number of aliphatic hydroxyl groups is 1. The van der Waals surface area contributed by atoms with Crippen LogP contribution >= 0.6 is 0 Å². The topological polar surface area (TPSA) is 90.7 Å². The van der Waals surface area contributed by atoms with Gasteiger partial charge >= 0.3 is 5.97 Å². The molecule has 0 saturated heterocycles. The number of aromatic nitrogens is 2. The molecule has 3 aromatic rings. The lowest BCUT2D eigenvalue weighted by molar-refractivity contribution is -0.174. The van der Waals surface area contributed by atoms with Gasteiger partial charge in [0.25, 0.3) is 5.56 Å². The quantitative estimate of drug-likeness (QED) is 0.526. The largest absolute Gasteiger partial charge is 0.459 e. The van der Waals surface area contributed by atoms with Gasteiger partial charge in [0.05, 0.1) is 29.0 Å². The fourth-order valence-electron chi connectivity index (χ4n) is 4.46. The van der Waals surface area contributed by atoms with Crippen LogP contribution in [0.25, 0.3) is 22.3 Å². The molecule has 0 unspecified atom stereocenters. The van der Waals surface area contributed by atoms with Crippen molar-refractivity contribution in [3.05, 3.63) is 63.4 Å². The summed E-state index contributed by atoms with van der Waals surface area (Å²) in [7, 11) is 1.35. The number of benzene rings is 1. The van der Waals surface area contributed by atoms with Crippen LogP contribution in [0.4, 0.5) is 0 Å². The lowest BCUT2D eigenvalue weighted by Gasteiger charge is -2.32. The maximum Gasteiger partial charge on any atom is 0.338 e. The molecule has 0 aliphatic carbocycles. The minimum absolute atomic E-state index is 0.189. The summed E-state index contributed by atoms with van der Waals surface area (Å²) in [6.45, 7) is 1.95. The number of methoxy groups -OCH3 is 1. The number of para-hydroxylation sites is 1. The number of fused-ring (bicyclic) bond motifs is 5. The zero-order chi connectivity index (χ0) is 20.3. The van der Waals surface area contributed by atoms with Crippen molar-refractivity contribution in [1.82, 2.24) is 9.55 Å². The van der Waals surface area contributed by atoms with Crippen LogP contribution in [-0.4, -0.2) is 33.8 Å². The van der Waals surface area contributed by atoms with E-state index in [9.17, 15) is 14.7 Å². The van der Waals surface area contributed by atoms with Crippen molar-refractivity contribution in [2.24, 2.45) is 0 Å². The predicted molar refractivity (Wildman–Crippen MR) is 105 cm³/mol. The van der Waals surface area contributed by atoms with Gasteiger partial charge in [0.15, 0.2) is 6.10 Å². The Labute approximate surface area is 166 Å². The first-order valence-electron chi connectivity index (χ1n) is 9.56. The number of pyridine rings is 2. The number of carbonyl (C=O) groups is 1. The number of esters is 1. The number of carbonyl (C=O) groups excluding carboxylic acids is 1. The van der Waals surface area contributed by atoms with E-state index in [0.717, 1.165) is 16.5 Å². The molecular formula is C22H20N2O5. The molecule has 0 fully saturated rings. The van der Waals surface area contributed by atoms with E-state index in [1.54, 1.807) is 17.6 Å². The van der Waals surface area contributed by atoms with Crippen molar-refractivity contribution in [3.63, 3.8) is 0 Å². The second-order valence-electron chi connectivity index (χ2n) is 7.50. The molecule has 148 valence electrons. The van der Waals surface area contributed by atoms with Gasteiger partial charge in [0.2, 0.25) is 0 Å². The van der Waals surface area contributed by atoms with Crippen LogP contribution in [-0.2, 0) is 33.0 Å². The van der Waals surface area contributed by atoms with Crippen LogP contribution in [0.1, 0.15) is 30.0 Å². The van der Waals surface area contributed by atoms with Gasteiger partial charge in [0, 0.05) is 23.6 Å². The third kappa shape index (κ3) is 2.41. The van der Waals surface area contributed by atoms with Crippen LogP contribution in [0.15, 0.2) is 41.2 Å². The van der Waals surface area contributed by atoms with E-state index in [0.29, 0.717) is 23.5 Å². The molecule has 0 radical (unpaired) electrons. The van der Waals surface area contributed by atoms with Crippen molar-refractivity contribution >= 4 is 16.9 Å². The number of cyclic esters (lactones) is 1. The summed E-state index contributed by atoms with van der Waals surface area (Å²) in [5, 5.41) is 12.4. The van der Waals surface area contributed by atoms with Gasteiger partial charge in [-0.1, -0.05) is 25.1 Å². The first-order valence-corrected chi connectivity index (χ1v) is 9.56. The summed E-state index contributed by atoms with van der Waals surface area (Å²) >= 11 is 0. The van der Waals surface area contributed by atoms with Gasteiger partial charge < -0.3 is 19.1 Å². The molecule has 0 amide bonds. The van der Waals surface area contributed by atoms with Gasteiger partial charge in [-0.25, -0.2) is 9.78 Å². The van der Waals surface area contributed by atoms with Crippen molar-refractivity contribution in [2.75, 3.05) is 7.11 Å². The molecule has 2 aromatic heterocycles. The minimum Gasteiger partial charge on any atom is -0.459 e. The molecule has 2 atom stereocenters. The van der Waals surface area contributed by atoms with Crippen molar-refractivity contribution in [3.8, 4) is 11.4 Å². The zero-order valence-corrected chi connectivity index (χ0v) is 16.1. The number of hydrogen-bond donors (Lipinski definition) is 1. The third-order valence-electron chi connectivity index (χ3n) is 6.02. The number of ether oxygens (including phenoxy) is 2. The first-order chi connectivity index (χ1) is 14.0. The van der Waals surface area contributed by atoms with Crippen LogP contribution < -0.4 is 5.56 Å². The molecule has 0 saturated carbocycles. The van der Waals surface area contributed by atoms with E-state index < -0.39 is 17.7 Å². The highest BCUT2D eigenvalue weighted by Gasteiger charge is 2.48. The van der Waals surface area contributed by atoms with E-state index in [2.05, 4.69) is 0 Å². The Morgan fingerprint density at radius 3 is 2.86 bits per heavy atom. The Balaban J connectivity index is 1.79. The Hall–Kier alpha value is -3.03. The Kier molecular flexibility index (Phi) is 3.88. The molecule has 5 rings (SSSR count). The second-order valence-corrected chi connectivity index (χ2v) is 7.50. The number of nitrogens with zero attached hydrogens (tertiary/aromatic N) is 2. The highest BCUT2D eigenvalue weighted by Crippen LogP contribution is 2.39. The fraction of sp³-hybridized carbons (Fsp3) is 0.318. The third-order valence-corrected chi connectivity index (χ3v) is 6.02. The van der Waals surface area contributed by atoms with Crippen molar-refractivity contribution < 1.29 is 19.4 Å². The highest BCUT2D eigenvalue weighted by molar-refractivity contribution is 5.84. The molecule has 0 bridgehead atoms. The summed E-state index contributed by atoms with van der Waals surface area (Å²) in [6, 6.07) is 11.6. The van der Waals surface area contributed by atoms with Gasteiger partial charge in [0.1, 0.15) is 12.2 Å². The van der Waals surface area contributed by atoms with E-state index in [-0.39, 0.29) is 24.2 Å². The molecule has 1 N–H and O–H groups in total. The zero-order valence-electron chi connectivity index (χ0n) is 16.1. The van der Waals surface area contributed by atoms with E-state index >= 15 is 0 Å². The van der Waals surface area contributed by atoms with Gasteiger partial charge in [-0.3, -0.25) is 4.79 Å². The first kappa shape index (κ1) is 18.0. The maximum absolute atomic E-state index is 13.3. The Morgan fingerprint density at radius 2 is 2.10 bits per heavy atom. The molecule has 1 aromatic carbocycles. The lowest BCUT2D eigenvalue weighted by Crippen LogP contribution is -2.45. The van der Waals surface area contributed by atoms with Crippen LogP contribution in [0, 0.1) is 0 Å². The summed E-state index contributed by atoms with van der Waals surface area (Å²) in [4.78, 5) is 30.5. The SMILES string of the molecule is CC[C@]1(O)c2cc3n(c(=O)c2COC(=O)[C@H]1OC)Cc1cc2ccccc2nc1-3. The second kappa shape index (κ2) is 6.23. The molecule has 7 heteroatoms. The molecule has 0 spiro atoms. The number of rotatable bonds is 2. The monoisotopic (exact) mass is 392 g/mol. The lowest BCUT2D eigenvalue weighted by atomic mass is 9.83. The minimum atomic E-state index is -1.66. The molecular weight excluding hydrogens is 372 g/mol. The van der Waals surface area contributed by atoms with Gasteiger partial charge in [-0.2, -0.15) is 0 Å². The molecule has 2 aliphatic rings. The van der Waals surface area contributed by atoms with E-state index in [1.165, 1.54) is 7.11 Å². The Bertz CT molecular complexity index is 1230. The summed E-state index contributed by atoms with van der Waals surface area (Å²) < 4.78 is 12.2. The maximum atomic E-state index is 13.3. The van der Waals surface area contributed by atoms with Crippen molar-refractivity contribution in [1.29, 1.82) is 0 Å². The molecule has 2 aliphatic heterocycles. The smallest absolute Gasteiger partial charge is 0.338 e. The summed E-state index contributed by atoms with van der Waals surface area (Å²) in [5.74, 6) is -0.679. The standard InChI is InChI=1S/C22H20N2O5/c1-3-22(27)15-9-17-18-13(8-12-6-4-5-7-16(12)23-18)10-24(17)20(25)14(15)11-29-21(26)19(22)28-2/h4-9,19,27H,3,10-11H2,1-2H3/t19-,22+/m1/s1.